The molecular formula is C34H30NP. The van der Waals surface area contributed by atoms with Crippen LogP contribution in [0.4, 0.5) is 0 Å². The molecule has 0 atom stereocenters. The molecule has 1 aromatic heterocycles. The third-order valence-electron chi connectivity index (χ3n) is 6.93. The van der Waals surface area contributed by atoms with Gasteiger partial charge in [0, 0.05) is 16.5 Å². The van der Waals surface area contributed by atoms with Crippen LogP contribution in [0, 0.1) is 0 Å². The second-order valence-electron chi connectivity index (χ2n) is 10.4. The van der Waals surface area contributed by atoms with Gasteiger partial charge in [0.2, 0.25) is 0 Å². The minimum absolute atomic E-state index is 0.139. The number of benzene rings is 5. The van der Waals surface area contributed by atoms with Crippen LogP contribution in [-0.4, -0.2) is 4.57 Å². The summed E-state index contributed by atoms with van der Waals surface area (Å²) in [5.41, 5.74) is 5.19. The molecule has 0 saturated heterocycles. The quantitative estimate of drug-likeness (QED) is 0.225. The lowest BCUT2D eigenvalue weighted by atomic mass is 9.87. The smallest absolute Gasteiger partial charge is 0.0541 e. The van der Waals surface area contributed by atoms with Gasteiger partial charge in [-0.25, -0.2) is 0 Å². The monoisotopic (exact) mass is 483 g/mol. The molecule has 1 heterocycles. The Labute approximate surface area is 214 Å². The molecule has 1 nitrogen and oxygen atoms in total. The summed E-state index contributed by atoms with van der Waals surface area (Å²) in [7, 11) is -0.646. The molecule has 0 saturated carbocycles. The normalized spacial score (nSPS) is 12.0. The van der Waals surface area contributed by atoms with Crippen molar-refractivity contribution in [2.75, 3.05) is 0 Å². The van der Waals surface area contributed by atoms with Crippen LogP contribution in [0.2, 0.25) is 0 Å². The van der Waals surface area contributed by atoms with E-state index in [0.29, 0.717) is 0 Å². The number of nitrogens with zero attached hydrogens (tertiary/aromatic N) is 1. The van der Waals surface area contributed by atoms with E-state index in [-0.39, 0.29) is 5.41 Å². The van der Waals surface area contributed by atoms with E-state index in [1.165, 1.54) is 49.0 Å². The average molecular weight is 484 g/mol. The molecule has 0 aliphatic carbocycles. The molecule has 0 N–H and O–H groups in total. The molecule has 36 heavy (non-hydrogen) atoms. The Balaban J connectivity index is 1.56. The Bertz CT molecular complexity index is 1600. The maximum absolute atomic E-state index is 2.43. The number of aromatic nitrogens is 1. The van der Waals surface area contributed by atoms with Crippen molar-refractivity contribution in [2.45, 2.75) is 26.2 Å². The lowest BCUT2D eigenvalue weighted by molar-refractivity contribution is 0.590. The van der Waals surface area contributed by atoms with Crippen molar-refractivity contribution in [3.8, 4) is 5.69 Å². The van der Waals surface area contributed by atoms with Gasteiger partial charge in [0.05, 0.1) is 11.0 Å². The van der Waals surface area contributed by atoms with E-state index < -0.39 is 7.92 Å². The maximum atomic E-state index is 2.43. The molecule has 0 aliphatic heterocycles. The molecule has 176 valence electrons. The van der Waals surface area contributed by atoms with Crippen LogP contribution in [0.25, 0.3) is 27.5 Å². The minimum atomic E-state index is -0.646. The fourth-order valence-corrected chi connectivity index (χ4v) is 7.41. The first kappa shape index (κ1) is 22.8. The van der Waals surface area contributed by atoms with Crippen molar-refractivity contribution in [3.63, 3.8) is 0 Å². The van der Waals surface area contributed by atoms with E-state index in [1.54, 1.807) is 0 Å². The molecule has 5 aromatic carbocycles. The topological polar surface area (TPSA) is 4.93 Å². The average Bonchev–Trinajstić information content (AvgIpc) is 3.24. The molecule has 0 unspecified atom stereocenters. The SMILES string of the molecule is CC(C)(C)c1ccc(-n2c3ccccc3c3cc(P(c4ccccc4)c4ccccc4)ccc32)cc1. The lowest BCUT2D eigenvalue weighted by Crippen LogP contribution is -2.20. The van der Waals surface area contributed by atoms with Gasteiger partial charge in [-0.3, -0.25) is 0 Å². The molecule has 0 amide bonds. The standard InChI is InChI=1S/C34H30NP/c1-34(2,3)25-18-20-26(21-19-25)35-32-17-11-10-16-30(32)31-24-29(22-23-33(31)35)36(27-12-6-4-7-13-27)28-14-8-5-9-15-28/h4-24H,1-3H3. The van der Waals surface area contributed by atoms with E-state index in [9.17, 15) is 0 Å². The highest BCUT2D eigenvalue weighted by molar-refractivity contribution is 7.79. The van der Waals surface area contributed by atoms with Crippen LogP contribution in [-0.2, 0) is 5.41 Å². The van der Waals surface area contributed by atoms with E-state index >= 15 is 0 Å². The Morgan fingerprint density at radius 1 is 0.500 bits per heavy atom. The van der Waals surface area contributed by atoms with Gasteiger partial charge in [0.15, 0.2) is 0 Å². The van der Waals surface area contributed by atoms with Crippen LogP contribution in [0.5, 0.6) is 0 Å². The largest absolute Gasteiger partial charge is 0.309 e. The fraction of sp³-hybridized carbons (Fsp3) is 0.118. The number of hydrogen-bond acceptors (Lipinski definition) is 0. The van der Waals surface area contributed by atoms with Gasteiger partial charge in [-0.1, -0.05) is 118 Å². The zero-order valence-electron chi connectivity index (χ0n) is 21.0. The first-order valence-corrected chi connectivity index (χ1v) is 13.9. The third kappa shape index (κ3) is 4.04. The molecule has 0 aliphatic rings. The summed E-state index contributed by atoms with van der Waals surface area (Å²) in [4.78, 5) is 0. The van der Waals surface area contributed by atoms with Gasteiger partial charge >= 0.3 is 0 Å². The number of hydrogen-bond donors (Lipinski definition) is 0. The van der Waals surface area contributed by atoms with Crippen molar-refractivity contribution in [3.05, 3.63) is 133 Å². The summed E-state index contributed by atoms with van der Waals surface area (Å²) in [6, 6.07) is 46.8. The summed E-state index contributed by atoms with van der Waals surface area (Å²) >= 11 is 0. The first-order valence-electron chi connectivity index (χ1n) is 12.5. The predicted molar refractivity (Wildman–Crippen MR) is 158 cm³/mol. The van der Waals surface area contributed by atoms with Crippen LogP contribution in [0.1, 0.15) is 26.3 Å². The summed E-state index contributed by atoms with van der Waals surface area (Å²) in [5, 5.41) is 6.73. The Morgan fingerprint density at radius 2 is 1.06 bits per heavy atom. The van der Waals surface area contributed by atoms with Gasteiger partial charge in [-0.05, 0) is 65.1 Å². The van der Waals surface area contributed by atoms with Crippen molar-refractivity contribution in [2.24, 2.45) is 0 Å². The van der Waals surface area contributed by atoms with E-state index in [0.717, 1.165) is 0 Å². The molecule has 0 spiro atoms. The fourth-order valence-electron chi connectivity index (χ4n) is 5.09. The second kappa shape index (κ2) is 9.08. The van der Waals surface area contributed by atoms with E-state index in [2.05, 4.69) is 153 Å². The van der Waals surface area contributed by atoms with Crippen LogP contribution in [0.3, 0.4) is 0 Å². The lowest BCUT2D eigenvalue weighted by Gasteiger charge is -2.20. The minimum Gasteiger partial charge on any atom is -0.309 e. The van der Waals surface area contributed by atoms with Crippen molar-refractivity contribution in [1.82, 2.24) is 4.57 Å². The molecule has 0 fully saturated rings. The highest BCUT2D eigenvalue weighted by atomic mass is 31.1. The molecule has 6 aromatic rings. The van der Waals surface area contributed by atoms with Crippen LogP contribution in [0.15, 0.2) is 127 Å². The van der Waals surface area contributed by atoms with E-state index in [4.69, 9.17) is 0 Å². The first-order chi connectivity index (χ1) is 17.5. The summed E-state index contributed by atoms with van der Waals surface area (Å²) in [6.07, 6.45) is 0. The highest BCUT2D eigenvalue weighted by Gasteiger charge is 2.20. The van der Waals surface area contributed by atoms with Crippen LogP contribution >= 0.6 is 7.92 Å². The third-order valence-corrected chi connectivity index (χ3v) is 9.36. The number of fused-ring (bicyclic) bond motifs is 3. The summed E-state index contributed by atoms with van der Waals surface area (Å²) in [5.74, 6) is 0. The highest BCUT2D eigenvalue weighted by Crippen LogP contribution is 2.37. The van der Waals surface area contributed by atoms with Crippen molar-refractivity contribution >= 4 is 45.6 Å². The van der Waals surface area contributed by atoms with Gasteiger partial charge in [0.25, 0.3) is 0 Å². The maximum Gasteiger partial charge on any atom is 0.0541 e. The zero-order valence-corrected chi connectivity index (χ0v) is 21.9. The van der Waals surface area contributed by atoms with Crippen LogP contribution < -0.4 is 15.9 Å². The molecule has 2 heteroatoms. The predicted octanol–water partition coefficient (Wildman–Crippen LogP) is 7.84. The van der Waals surface area contributed by atoms with Crippen molar-refractivity contribution < 1.29 is 0 Å². The molecule has 0 bridgehead atoms. The van der Waals surface area contributed by atoms with Gasteiger partial charge < -0.3 is 4.57 Å². The molecule has 0 radical (unpaired) electrons. The zero-order chi connectivity index (χ0) is 24.7. The Hall–Kier alpha value is -3.67. The van der Waals surface area contributed by atoms with Gasteiger partial charge in [-0.2, -0.15) is 0 Å². The second-order valence-corrected chi connectivity index (χ2v) is 12.6. The number of rotatable bonds is 4. The number of para-hydroxylation sites is 1. The van der Waals surface area contributed by atoms with Gasteiger partial charge in [-0.15, -0.1) is 0 Å². The van der Waals surface area contributed by atoms with E-state index in [1.807, 2.05) is 0 Å². The van der Waals surface area contributed by atoms with Gasteiger partial charge in [0.1, 0.15) is 0 Å². The Morgan fingerprint density at radius 3 is 1.67 bits per heavy atom. The Kier molecular flexibility index (Phi) is 5.75. The summed E-state index contributed by atoms with van der Waals surface area (Å²) < 4.78 is 2.41. The molecular weight excluding hydrogens is 453 g/mol. The van der Waals surface area contributed by atoms with Crippen molar-refractivity contribution in [1.29, 1.82) is 0 Å². The molecule has 6 rings (SSSR count). The summed E-state index contributed by atoms with van der Waals surface area (Å²) in [6.45, 7) is 6.80.